The summed E-state index contributed by atoms with van der Waals surface area (Å²) < 4.78 is 0. The SMILES string of the molecule is CCc1ccc(NC(C)C2CCCCC2)cc1[N+](=O)[O-]. The van der Waals surface area contributed by atoms with E-state index in [1.54, 1.807) is 6.07 Å². The highest BCUT2D eigenvalue weighted by Crippen LogP contribution is 2.29. The first-order valence-corrected chi connectivity index (χ1v) is 7.65. The minimum atomic E-state index is -0.282. The van der Waals surface area contributed by atoms with Crippen LogP contribution in [0.3, 0.4) is 0 Å². The number of hydrogen-bond donors (Lipinski definition) is 1. The van der Waals surface area contributed by atoms with Gasteiger partial charge in [0.2, 0.25) is 0 Å². The van der Waals surface area contributed by atoms with Gasteiger partial charge in [0.25, 0.3) is 5.69 Å². The highest BCUT2D eigenvalue weighted by atomic mass is 16.6. The molecule has 1 unspecified atom stereocenters. The van der Waals surface area contributed by atoms with Crippen LogP contribution < -0.4 is 5.32 Å². The lowest BCUT2D eigenvalue weighted by Crippen LogP contribution is -2.27. The summed E-state index contributed by atoms with van der Waals surface area (Å²) in [7, 11) is 0. The Morgan fingerprint density at radius 2 is 2.05 bits per heavy atom. The highest BCUT2D eigenvalue weighted by molar-refractivity contribution is 5.55. The summed E-state index contributed by atoms with van der Waals surface area (Å²) in [5.74, 6) is 0.689. The van der Waals surface area contributed by atoms with E-state index in [1.807, 2.05) is 19.1 Å². The molecule has 0 heterocycles. The summed E-state index contributed by atoms with van der Waals surface area (Å²) in [6.45, 7) is 4.13. The van der Waals surface area contributed by atoms with Gasteiger partial charge >= 0.3 is 0 Å². The summed E-state index contributed by atoms with van der Waals surface area (Å²) in [5.41, 5.74) is 1.89. The van der Waals surface area contributed by atoms with Crippen molar-refractivity contribution in [3.05, 3.63) is 33.9 Å². The van der Waals surface area contributed by atoms with Crippen molar-refractivity contribution < 1.29 is 4.92 Å². The Balaban J connectivity index is 2.08. The number of hydrogen-bond acceptors (Lipinski definition) is 3. The van der Waals surface area contributed by atoms with Crippen LogP contribution in [0.2, 0.25) is 0 Å². The maximum Gasteiger partial charge on any atom is 0.274 e. The first-order valence-electron chi connectivity index (χ1n) is 7.65. The van der Waals surface area contributed by atoms with Crippen LogP contribution >= 0.6 is 0 Å². The molecule has 20 heavy (non-hydrogen) atoms. The van der Waals surface area contributed by atoms with Gasteiger partial charge in [0.1, 0.15) is 0 Å². The number of nitro groups is 1. The van der Waals surface area contributed by atoms with Crippen LogP contribution in [-0.4, -0.2) is 11.0 Å². The molecule has 1 aliphatic carbocycles. The van der Waals surface area contributed by atoms with Crippen LogP contribution in [0.1, 0.15) is 51.5 Å². The summed E-state index contributed by atoms with van der Waals surface area (Å²) >= 11 is 0. The first-order chi connectivity index (χ1) is 9.61. The van der Waals surface area contributed by atoms with E-state index < -0.39 is 0 Å². The summed E-state index contributed by atoms with van der Waals surface area (Å²) in [5, 5.41) is 14.6. The Kier molecular flexibility index (Phi) is 4.99. The molecule has 0 radical (unpaired) electrons. The number of nitrogens with zero attached hydrogens (tertiary/aromatic N) is 1. The van der Waals surface area contributed by atoms with E-state index in [9.17, 15) is 10.1 Å². The van der Waals surface area contributed by atoms with E-state index in [0.717, 1.165) is 11.3 Å². The second-order valence-electron chi connectivity index (χ2n) is 5.79. The second-order valence-corrected chi connectivity index (χ2v) is 5.79. The molecule has 0 aliphatic heterocycles. The van der Waals surface area contributed by atoms with Crippen LogP contribution in [0.15, 0.2) is 18.2 Å². The lowest BCUT2D eigenvalue weighted by molar-refractivity contribution is -0.385. The van der Waals surface area contributed by atoms with E-state index in [4.69, 9.17) is 0 Å². The predicted octanol–water partition coefficient (Wildman–Crippen LogP) is 4.54. The number of rotatable bonds is 5. The molecule has 1 aromatic rings. The molecule has 1 saturated carbocycles. The Bertz CT molecular complexity index is 468. The maximum atomic E-state index is 11.1. The lowest BCUT2D eigenvalue weighted by Gasteiger charge is -2.29. The first kappa shape index (κ1) is 14.8. The Morgan fingerprint density at radius 1 is 1.35 bits per heavy atom. The summed E-state index contributed by atoms with van der Waals surface area (Å²) in [4.78, 5) is 10.8. The van der Waals surface area contributed by atoms with Crippen molar-refractivity contribution in [2.45, 2.75) is 58.4 Å². The number of benzene rings is 1. The van der Waals surface area contributed by atoms with E-state index in [-0.39, 0.29) is 10.6 Å². The molecule has 4 heteroatoms. The van der Waals surface area contributed by atoms with Gasteiger partial charge in [-0.05, 0) is 38.2 Å². The average Bonchev–Trinajstić information content (AvgIpc) is 2.48. The third-order valence-corrected chi connectivity index (χ3v) is 4.41. The molecule has 1 fully saturated rings. The molecule has 1 aliphatic rings. The van der Waals surface area contributed by atoms with Crippen molar-refractivity contribution in [1.29, 1.82) is 0 Å². The largest absolute Gasteiger partial charge is 0.382 e. The fraction of sp³-hybridized carbons (Fsp3) is 0.625. The molecule has 0 bridgehead atoms. The maximum absolute atomic E-state index is 11.1. The molecule has 2 rings (SSSR count). The van der Waals surface area contributed by atoms with Gasteiger partial charge in [0.15, 0.2) is 0 Å². The molecule has 0 aromatic heterocycles. The van der Waals surface area contributed by atoms with Crippen molar-refractivity contribution >= 4 is 11.4 Å². The van der Waals surface area contributed by atoms with E-state index in [2.05, 4.69) is 12.2 Å². The van der Waals surface area contributed by atoms with Crippen molar-refractivity contribution in [3.63, 3.8) is 0 Å². The quantitative estimate of drug-likeness (QED) is 0.634. The highest BCUT2D eigenvalue weighted by Gasteiger charge is 2.21. The third-order valence-electron chi connectivity index (χ3n) is 4.41. The van der Waals surface area contributed by atoms with Gasteiger partial charge in [-0.15, -0.1) is 0 Å². The van der Waals surface area contributed by atoms with E-state index in [1.165, 1.54) is 32.1 Å². The fourth-order valence-electron chi connectivity index (χ4n) is 3.14. The molecule has 1 N–H and O–H groups in total. The zero-order chi connectivity index (χ0) is 14.5. The Morgan fingerprint density at radius 3 is 2.65 bits per heavy atom. The molecule has 110 valence electrons. The van der Waals surface area contributed by atoms with E-state index in [0.29, 0.717) is 18.4 Å². The standard InChI is InChI=1S/C16H24N2O2/c1-3-13-9-10-15(11-16(13)18(19)20)17-12(2)14-7-5-4-6-8-14/h9-12,14,17H,3-8H2,1-2H3. The molecule has 1 aromatic carbocycles. The number of nitrogens with one attached hydrogen (secondary N) is 1. The van der Waals surface area contributed by atoms with Crippen molar-refractivity contribution in [2.75, 3.05) is 5.32 Å². The number of anilines is 1. The molecular formula is C16H24N2O2. The van der Waals surface area contributed by atoms with Gasteiger partial charge < -0.3 is 5.32 Å². The lowest BCUT2D eigenvalue weighted by atomic mass is 9.84. The number of aryl methyl sites for hydroxylation is 1. The zero-order valence-corrected chi connectivity index (χ0v) is 12.4. The average molecular weight is 276 g/mol. The minimum Gasteiger partial charge on any atom is -0.382 e. The van der Waals surface area contributed by atoms with Gasteiger partial charge in [-0.25, -0.2) is 0 Å². The van der Waals surface area contributed by atoms with E-state index >= 15 is 0 Å². The van der Waals surface area contributed by atoms with Gasteiger partial charge in [0, 0.05) is 23.4 Å². The second kappa shape index (κ2) is 6.73. The van der Waals surface area contributed by atoms with Crippen LogP contribution in [0, 0.1) is 16.0 Å². The van der Waals surface area contributed by atoms with Gasteiger partial charge in [0.05, 0.1) is 4.92 Å². The topological polar surface area (TPSA) is 55.2 Å². The summed E-state index contributed by atoms with van der Waals surface area (Å²) in [6, 6.07) is 5.89. The van der Waals surface area contributed by atoms with Gasteiger partial charge in [-0.1, -0.05) is 32.3 Å². The zero-order valence-electron chi connectivity index (χ0n) is 12.4. The van der Waals surface area contributed by atoms with Crippen LogP contribution in [0.25, 0.3) is 0 Å². The Labute approximate surface area is 120 Å². The molecule has 0 spiro atoms. The van der Waals surface area contributed by atoms with Gasteiger partial charge in [-0.2, -0.15) is 0 Å². The number of nitro benzene ring substituents is 1. The van der Waals surface area contributed by atoms with Crippen molar-refractivity contribution in [2.24, 2.45) is 5.92 Å². The third kappa shape index (κ3) is 3.50. The van der Waals surface area contributed by atoms with Crippen LogP contribution in [-0.2, 0) is 6.42 Å². The van der Waals surface area contributed by atoms with Gasteiger partial charge in [-0.3, -0.25) is 10.1 Å². The summed E-state index contributed by atoms with van der Waals surface area (Å²) in [6.07, 6.45) is 7.19. The van der Waals surface area contributed by atoms with Crippen molar-refractivity contribution in [3.8, 4) is 0 Å². The molecular weight excluding hydrogens is 252 g/mol. The molecule has 4 nitrogen and oxygen atoms in total. The predicted molar refractivity (Wildman–Crippen MR) is 82.1 cm³/mol. The monoisotopic (exact) mass is 276 g/mol. The minimum absolute atomic E-state index is 0.230. The molecule has 0 saturated heterocycles. The van der Waals surface area contributed by atoms with Crippen LogP contribution in [0.4, 0.5) is 11.4 Å². The van der Waals surface area contributed by atoms with Crippen LogP contribution in [0.5, 0.6) is 0 Å². The molecule has 1 atom stereocenters. The Hall–Kier alpha value is -1.58. The fourth-order valence-corrected chi connectivity index (χ4v) is 3.14. The smallest absolute Gasteiger partial charge is 0.274 e. The van der Waals surface area contributed by atoms with Crippen molar-refractivity contribution in [1.82, 2.24) is 0 Å². The molecule has 0 amide bonds. The normalized spacial score (nSPS) is 17.7.